The van der Waals surface area contributed by atoms with Crippen molar-refractivity contribution in [2.45, 2.75) is 38.8 Å². The van der Waals surface area contributed by atoms with Gasteiger partial charge in [0.05, 0.1) is 0 Å². The molecule has 5 nitrogen and oxygen atoms in total. The van der Waals surface area contributed by atoms with E-state index in [4.69, 9.17) is 0 Å². The molecule has 3 N–H and O–H groups in total. The molecular formula is C14H18N2O3. The van der Waals surface area contributed by atoms with Crippen molar-refractivity contribution in [3.05, 3.63) is 29.3 Å². The number of carbonyl (C=O) groups is 2. The maximum Gasteiger partial charge on any atom is 0.252 e. The predicted octanol–water partition coefficient (Wildman–Crippen LogP) is 1.10. The zero-order valence-electron chi connectivity index (χ0n) is 11.1. The molecule has 0 aliphatic heterocycles. The number of rotatable bonds is 4. The van der Waals surface area contributed by atoms with Crippen molar-refractivity contribution < 1.29 is 14.7 Å². The Morgan fingerprint density at radius 1 is 1.37 bits per heavy atom. The van der Waals surface area contributed by atoms with Gasteiger partial charge in [0.15, 0.2) is 0 Å². The predicted molar refractivity (Wildman–Crippen MR) is 70.9 cm³/mol. The van der Waals surface area contributed by atoms with E-state index in [-0.39, 0.29) is 23.6 Å². The molecule has 0 heterocycles. The van der Waals surface area contributed by atoms with E-state index < -0.39 is 6.04 Å². The van der Waals surface area contributed by atoms with Crippen LogP contribution in [-0.2, 0) is 4.79 Å². The highest BCUT2D eigenvalue weighted by Crippen LogP contribution is 2.20. The lowest BCUT2D eigenvalue weighted by Crippen LogP contribution is -2.45. The molecule has 0 bridgehead atoms. The van der Waals surface area contributed by atoms with Crippen molar-refractivity contribution in [2.75, 3.05) is 0 Å². The van der Waals surface area contributed by atoms with Gasteiger partial charge in [-0.1, -0.05) is 6.07 Å². The molecule has 2 rings (SSSR count). The molecule has 1 aromatic rings. The summed E-state index contributed by atoms with van der Waals surface area (Å²) >= 11 is 0. The van der Waals surface area contributed by atoms with Crippen LogP contribution in [0, 0.1) is 6.92 Å². The van der Waals surface area contributed by atoms with E-state index in [2.05, 4.69) is 10.6 Å². The largest absolute Gasteiger partial charge is 0.508 e. The summed E-state index contributed by atoms with van der Waals surface area (Å²) in [5, 5.41) is 15.0. The maximum atomic E-state index is 12.0. The van der Waals surface area contributed by atoms with Crippen LogP contribution >= 0.6 is 0 Å². The van der Waals surface area contributed by atoms with Crippen LogP contribution in [0.15, 0.2) is 18.2 Å². The minimum absolute atomic E-state index is 0.0720. The summed E-state index contributed by atoms with van der Waals surface area (Å²) in [6, 6.07) is 4.43. The number of aromatic hydroxyl groups is 1. The summed E-state index contributed by atoms with van der Waals surface area (Å²) in [4.78, 5) is 23.8. The number of benzene rings is 1. The molecular weight excluding hydrogens is 244 g/mol. The summed E-state index contributed by atoms with van der Waals surface area (Å²) in [7, 11) is 0. The molecule has 1 unspecified atom stereocenters. The van der Waals surface area contributed by atoms with Gasteiger partial charge in [-0.25, -0.2) is 0 Å². The van der Waals surface area contributed by atoms with Gasteiger partial charge in [0.2, 0.25) is 5.91 Å². The fourth-order valence-electron chi connectivity index (χ4n) is 1.76. The van der Waals surface area contributed by atoms with Crippen molar-refractivity contribution in [3.8, 4) is 5.75 Å². The Hall–Kier alpha value is -2.04. The number of nitrogens with one attached hydrogen (secondary N) is 2. The van der Waals surface area contributed by atoms with Crippen molar-refractivity contribution in [3.63, 3.8) is 0 Å². The Kier molecular flexibility index (Phi) is 3.74. The van der Waals surface area contributed by atoms with Crippen molar-refractivity contribution in [2.24, 2.45) is 0 Å². The molecule has 1 aromatic carbocycles. The molecule has 1 aliphatic rings. The minimum Gasteiger partial charge on any atom is -0.508 e. The molecule has 1 saturated carbocycles. The van der Waals surface area contributed by atoms with Gasteiger partial charge in [-0.15, -0.1) is 0 Å². The number of hydrogen-bond donors (Lipinski definition) is 3. The lowest BCUT2D eigenvalue weighted by Gasteiger charge is -2.15. The molecule has 2 amide bonds. The van der Waals surface area contributed by atoms with Crippen molar-refractivity contribution in [1.29, 1.82) is 0 Å². The number of phenolic OH excluding ortho intramolecular Hbond substituents is 1. The van der Waals surface area contributed by atoms with Gasteiger partial charge in [-0.05, 0) is 38.8 Å². The van der Waals surface area contributed by atoms with E-state index in [0.29, 0.717) is 11.1 Å². The second-order valence-electron chi connectivity index (χ2n) is 4.93. The third kappa shape index (κ3) is 3.24. The van der Waals surface area contributed by atoms with E-state index in [1.807, 2.05) is 0 Å². The lowest BCUT2D eigenvalue weighted by atomic mass is 10.1. The highest BCUT2D eigenvalue weighted by molar-refractivity contribution is 5.99. The summed E-state index contributed by atoms with van der Waals surface area (Å²) < 4.78 is 0. The van der Waals surface area contributed by atoms with Gasteiger partial charge < -0.3 is 15.7 Å². The fraction of sp³-hybridized carbons (Fsp3) is 0.429. The van der Waals surface area contributed by atoms with Crippen LogP contribution in [0.5, 0.6) is 5.75 Å². The first-order valence-corrected chi connectivity index (χ1v) is 6.39. The van der Waals surface area contributed by atoms with Crippen molar-refractivity contribution in [1.82, 2.24) is 10.6 Å². The highest BCUT2D eigenvalue weighted by atomic mass is 16.3. The minimum atomic E-state index is -0.588. The maximum absolute atomic E-state index is 12.0. The number of carbonyl (C=O) groups excluding carboxylic acids is 2. The first kappa shape index (κ1) is 13.4. The van der Waals surface area contributed by atoms with Gasteiger partial charge in [-0.3, -0.25) is 9.59 Å². The second kappa shape index (κ2) is 5.30. The Morgan fingerprint density at radius 2 is 2.05 bits per heavy atom. The third-order valence-corrected chi connectivity index (χ3v) is 3.21. The van der Waals surface area contributed by atoms with Crippen LogP contribution in [0.3, 0.4) is 0 Å². The quantitative estimate of drug-likeness (QED) is 0.760. The zero-order chi connectivity index (χ0) is 14.0. The molecule has 1 aliphatic carbocycles. The summed E-state index contributed by atoms with van der Waals surface area (Å²) in [5.74, 6) is -0.455. The van der Waals surface area contributed by atoms with E-state index in [1.165, 1.54) is 6.07 Å². The molecule has 1 fully saturated rings. The molecule has 0 saturated heterocycles. The summed E-state index contributed by atoms with van der Waals surface area (Å²) in [5.41, 5.74) is 0.890. The second-order valence-corrected chi connectivity index (χ2v) is 4.93. The normalized spacial score (nSPS) is 15.7. The van der Waals surface area contributed by atoms with Crippen LogP contribution in [0.2, 0.25) is 0 Å². The van der Waals surface area contributed by atoms with Crippen LogP contribution < -0.4 is 10.6 Å². The molecule has 19 heavy (non-hydrogen) atoms. The number of amides is 2. The average Bonchev–Trinajstić information content (AvgIpc) is 3.16. The van der Waals surface area contributed by atoms with E-state index >= 15 is 0 Å². The summed E-state index contributed by atoms with van der Waals surface area (Å²) in [6.07, 6.45) is 2.02. The van der Waals surface area contributed by atoms with Crippen LogP contribution in [0.4, 0.5) is 0 Å². The SMILES string of the molecule is Cc1c(O)cccc1C(=O)NC(C)C(=O)NC1CC1. The molecule has 0 radical (unpaired) electrons. The smallest absolute Gasteiger partial charge is 0.252 e. The van der Waals surface area contributed by atoms with Crippen molar-refractivity contribution >= 4 is 11.8 Å². The Labute approximate surface area is 112 Å². The van der Waals surface area contributed by atoms with Gasteiger partial charge in [0.1, 0.15) is 11.8 Å². The third-order valence-electron chi connectivity index (χ3n) is 3.21. The Morgan fingerprint density at radius 3 is 2.68 bits per heavy atom. The van der Waals surface area contributed by atoms with Crippen LogP contribution in [-0.4, -0.2) is 29.0 Å². The molecule has 1 atom stereocenters. The van der Waals surface area contributed by atoms with Crippen LogP contribution in [0.1, 0.15) is 35.7 Å². The topological polar surface area (TPSA) is 78.4 Å². The lowest BCUT2D eigenvalue weighted by molar-refractivity contribution is -0.122. The fourth-order valence-corrected chi connectivity index (χ4v) is 1.76. The average molecular weight is 262 g/mol. The Bertz CT molecular complexity index is 509. The highest BCUT2D eigenvalue weighted by Gasteiger charge is 2.26. The Balaban J connectivity index is 1.99. The van der Waals surface area contributed by atoms with E-state index in [0.717, 1.165) is 12.8 Å². The number of hydrogen-bond acceptors (Lipinski definition) is 3. The van der Waals surface area contributed by atoms with E-state index in [9.17, 15) is 14.7 Å². The molecule has 102 valence electrons. The van der Waals surface area contributed by atoms with Gasteiger partial charge in [0.25, 0.3) is 5.91 Å². The number of phenols is 1. The standard InChI is InChI=1S/C14H18N2O3/c1-8-11(4-3-5-12(8)17)14(19)15-9(2)13(18)16-10-6-7-10/h3-5,9-10,17H,6-7H2,1-2H3,(H,15,19)(H,16,18). The summed E-state index contributed by atoms with van der Waals surface area (Å²) in [6.45, 7) is 3.31. The van der Waals surface area contributed by atoms with Gasteiger partial charge in [-0.2, -0.15) is 0 Å². The molecule has 0 aromatic heterocycles. The monoisotopic (exact) mass is 262 g/mol. The first-order valence-electron chi connectivity index (χ1n) is 6.39. The van der Waals surface area contributed by atoms with E-state index in [1.54, 1.807) is 26.0 Å². The van der Waals surface area contributed by atoms with Crippen LogP contribution in [0.25, 0.3) is 0 Å². The zero-order valence-corrected chi connectivity index (χ0v) is 11.1. The van der Waals surface area contributed by atoms with Gasteiger partial charge in [0, 0.05) is 17.2 Å². The molecule has 5 heteroatoms. The van der Waals surface area contributed by atoms with Gasteiger partial charge >= 0.3 is 0 Å². The first-order chi connectivity index (χ1) is 8.99. The molecule has 0 spiro atoms.